The van der Waals surface area contributed by atoms with E-state index in [0.29, 0.717) is 31.2 Å². The van der Waals surface area contributed by atoms with Crippen molar-refractivity contribution in [1.82, 2.24) is 5.32 Å². The highest BCUT2D eigenvalue weighted by Crippen LogP contribution is 2.32. The van der Waals surface area contributed by atoms with Gasteiger partial charge in [-0.15, -0.1) is 0 Å². The summed E-state index contributed by atoms with van der Waals surface area (Å²) in [6.07, 6.45) is 2.99. The van der Waals surface area contributed by atoms with E-state index in [4.69, 9.17) is 10.8 Å². The van der Waals surface area contributed by atoms with Crippen molar-refractivity contribution in [2.45, 2.75) is 66.3 Å². The highest BCUT2D eigenvalue weighted by Gasteiger charge is 2.25. The Bertz CT molecular complexity index is 272. The highest BCUT2D eigenvalue weighted by atomic mass is 16.3. The Morgan fingerprint density at radius 2 is 1.80 bits per heavy atom. The second-order valence-electron chi connectivity index (χ2n) is 7.11. The van der Waals surface area contributed by atoms with Crippen LogP contribution in [0.15, 0.2) is 0 Å². The Hall–Kier alpha value is -0.610. The van der Waals surface area contributed by atoms with Crippen LogP contribution in [0.4, 0.5) is 0 Å². The van der Waals surface area contributed by atoms with Crippen LogP contribution in [-0.2, 0) is 4.79 Å². The number of nitrogens with two attached hydrogens (primary N) is 1. The highest BCUT2D eigenvalue weighted by molar-refractivity contribution is 5.76. The van der Waals surface area contributed by atoms with E-state index in [-0.39, 0.29) is 24.0 Å². The molecule has 20 heavy (non-hydrogen) atoms. The van der Waals surface area contributed by atoms with Gasteiger partial charge in [-0.2, -0.15) is 0 Å². The molecule has 0 heterocycles. The fraction of sp³-hybridized carbons (Fsp3) is 0.938. The van der Waals surface area contributed by atoms with Gasteiger partial charge in [0.2, 0.25) is 5.91 Å². The van der Waals surface area contributed by atoms with E-state index in [1.807, 2.05) is 0 Å². The lowest BCUT2D eigenvalue weighted by molar-refractivity contribution is -0.122. The molecule has 0 saturated carbocycles. The van der Waals surface area contributed by atoms with Crippen molar-refractivity contribution >= 4 is 5.91 Å². The Morgan fingerprint density at radius 1 is 1.20 bits per heavy atom. The molecule has 0 aromatic heterocycles. The second kappa shape index (κ2) is 9.35. The van der Waals surface area contributed by atoms with Crippen LogP contribution >= 0.6 is 0 Å². The van der Waals surface area contributed by atoms with Gasteiger partial charge in [-0.05, 0) is 43.1 Å². The summed E-state index contributed by atoms with van der Waals surface area (Å²) in [6.45, 7) is 11.5. The molecule has 0 saturated heterocycles. The largest absolute Gasteiger partial charge is 0.396 e. The molecule has 4 heteroatoms. The van der Waals surface area contributed by atoms with Gasteiger partial charge in [-0.25, -0.2) is 0 Å². The summed E-state index contributed by atoms with van der Waals surface area (Å²) in [5, 5.41) is 12.1. The lowest BCUT2D eigenvalue weighted by atomic mass is 9.76. The molecule has 2 atom stereocenters. The van der Waals surface area contributed by atoms with Crippen LogP contribution in [0, 0.1) is 17.3 Å². The molecule has 120 valence electrons. The average Bonchev–Trinajstić information content (AvgIpc) is 2.32. The molecule has 0 spiro atoms. The number of nitrogens with one attached hydrogen (secondary N) is 1. The van der Waals surface area contributed by atoms with E-state index >= 15 is 0 Å². The second-order valence-corrected chi connectivity index (χ2v) is 7.11. The first kappa shape index (κ1) is 19.4. The zero-order chi connectivity index (χ0) is 15.8. The van der Waals surface area contributed by atoms with Crippen molar-refractivity contribution in [3.05, 3.63) is 0 Å². The van der Waals surface area contributed by atoms with E-state index in [1.165, 1.54) is 0 Å². The number of carbonyl (C=O) groups excluding carboxylic acids is 1. The van der Waals surface area contributed by atoms with Gasteiger partial charge < -0.3 is 16.2 Å². The quantitative estimate of drug-likeness (QED) is 0.609. The molecule has 4 nitrogen and oxygen atoms in total. The predicted molar refractivity (Wildman–Crippen MR) is 84.3 cm³/mol. The normalized spacial score (nSPS) is 15.2. The van der Waals surface area contributed by atoms with Gasteiger partial charge in [0.25, 0.3) is 0 Å². The fourth-order valence-corrected chi connectivity index (χ4v) is 2.51. The van der Waals surface area contributed by atoms with Gasteiger partial charge in [0, 0.05) is 19.1 Å². The molecular weight excluding hydrogens is 252 g/mol. The third kappa shape index (κ3) is 7.85. The van der Waals surface area contributed by atoms with E-state index < -0.39 is 0 Å². The monoisotopic (exact) mass is 286 g/mol. The van der Waals surface area contributed by atoms with E-state index in [0.717, 1.165) is 12.8 Å². The Balaban J connectivity index is 4.31. The lowest BCUT2D eigenvalue weighted by Crippen LogP contribution is -2.39. The zero-order valence-electron chi connectivity index (χ0n) is 13.9. The summed E-state index contributed by atoms with van der Waals surface area (Å²) >= 11 is 0. The summed E-state index contributed by atoms with van der Waals surface area (Å²) in [4.78, 5) is 12.0. The minimum Gasteiger partial charge on any atom is -0.396 e. The molecule has 2 unspecified atom stereocenters. The summed E-state index contributed by atoms with van der Waals surface area (Å²) in [6, 6.07) is 0.0649. The van der Waals surface area contributed by atoms with E-state index in [9.17, 15) is 4.79 Å². The van der Waals surface area contributed by atoms with Crippen molar-refractivity contribution in [2.75, 3.05) is 13.2 Å². The molecule has 0 aliphatic heterocycles. The maximum Gasteiger partial charge on any atom is 0.220 e. The van der Waals surface area contributed by atoms with Crippen molar-refractivity contribution in [3.63, 3.8) is 0 Å². The van der Waals surface area contributed by atoms with Gasteiger partial charge in [0.1, 0.15) is 0 Å². The Kier molecular flexibility index (Phi) is 9.06. The molecule has 0 fully saturated rings. The van der Waals surface area contributed by atoms with Crippen molar-refractivity contribution in [1.29, 1.82) is 0 Å². The molecule has 0 radical (unpaired) electrons. The predicted octanol–water partition coefficient (Wildman–Crippen LogP) is 2.30. The van der Waals surface area contributed by atoms with Crippen LogP contribution in [0.1, 0.15) is 60.3 Å². The standard InChI is InChI=1S/C16H34N2O2/c1-12(2)14(9-11-19)18-15(20)7-6-13(8-10-17)16(3,4)5/h12-14,19H,6-11,17H2,1-5H3,(H,18,20). The van der Waals surface area contributed by atoms with Crippen LogP contribution in [0.2, 0.25) is 0 Å². The van der Waals surface area contributed by atoms with Gasteiger partial charge in [-0.1, -0.05) is 34.6 Å². The molecule has 0 aliphatic carbocycles. The summed E-state index contributed by atoms with van der Waals surface area (Å²) in [7, 11) is 0. The average molecular weight is 286 g/mol. The SMILES string of the molecule is CC(C)C(CCO)NC(=O)CCC(CCN)C(C)(C)C. The molecule has 0 aliphatic rings. The van der Waals surface area contributed by atoms with Crippen molar-refractivity contribution < 1.29 is 9.90 Å². The van der Waals surface area contributed by atoms with Crippen molar-refractivity contribution in [3.8, 4) is 0 Å². The topological polar surface area (TPSA) is 75.3 Å². The third-order valence-electron chi connectivity index (χ3n) is 4.05. The third-order valence-corrected chi connectivity index (χ3v) is 4.05. The Labute approximate surface area is 124 Å². The van der Waals surface area contributed by atoms with Crippen LogP contribution in [0.25, 0.3) is 0 Å². The zero-order valence-corrected chi connectivity index (χ0v) is 13.9. The Morgan fingerprint density at radius 3 is 2.20 bits per heavy atom. The number of aliphatic hydroxyl groups is 1. The maximum absolute atomic E-state index is 12.0. The molecule has 0 bridgehead atoms. The number of hydrogen-bond acceptors (Lipinski definition) is 3. The van der Waals surface area contributed by atoms with Crippen LogP contribution in [0.3, 0.4) is 0 Å². The fourth-order valence-electron chi connectivity index (χ4n) is 2.51. The molecule has 0 rings (SSSR count). The minimum atomic E-state index is 0.0649. The van der Waals surface area contributed by atoms with E-state index in [1.54, 1.807) is 0 Å². The van der Waals surface area contributed by atoms with Gasteiger partial charge in [0.15, 0.2) is 0 Å². The van der Waals surface area contributed by atoms with Crippen LogP contribution < -0.4 is 11.1 Å². The molecule has 0 aromatic carbocycles. The summed E-state index contributed by atoms with van der Waals surface area (Å²) < 4.78 is 0. The van der Waals surface area contributed by atoms with Crippen LogP contribution in [-0.4, -0.2) is 30.2 Å². The number of carbonyl (C=O) groups is 1. The molecular formula is C16H34N2O2. The molecule has 0 aromatic rings. The van der Waals surface area contributed by atoms with Gasteiger partial charge >= 0.3 is 0 Å². The summed E-state index contributed by atoms with van der Waals surface area (Å²) in [5.41, 5.74) is 5.85. The first-order chi connectivity index (χ1) is 9.22. The minimum absolute atomic E-state index is 0.0649. The first-order valence-electron chi connectivity index (χ1n) is 7.82. The number of rotatable bonds is 9. The van der Waals surface area contributed by atoms with Gasteiger partial charge in [-0.3, -0.25) is 4.79 Å². The lowest BCUT2D eigenvalue weighted by Gasteiger charge is -2.30. The number of amides is 1. The summed E-state index contributed by atoms with van der Waals surface area (Å²) in [5.74, 6) is 0.894. The smallest absolute Gasteiger partial charge is 0.220 e. The van der Waals surface area contributed by atoms with Gasteiger partial charge in [0.05, 0.1) is 0 Å². The number of aliphatic hydroxyl groups excluding tert-OH is 1. The number of hydrogen-bond donors (Lipinski definition) is 3. The molecule has 4 N–H and O–H groups in total. The maximum atomic E-state index is 12.0. The van der Waals surface area contributed by atoms with Crippen molar-refractivity contribution in [2.24, 2.45) is 23.0 Å². The van der Waals surface area contributed by atoms with E-state index in [2.05, 4.69) is 39.9 Å². The van der Waals surface area contributed by atoms with Crippen LogP contribution in [0.5, 0.6) is 0 Å². The molecule has 1 amide bonds. The first-order valence-corrected chi connectivity index (χ1v) is 7.82.